The third kappa shape index (κ3) is 3.45. The number of carbonyl (C=O) groups is 1. The number of fused-ring (bicyclic) bond motifs is 6. The van der Waals surface area contributed by atoms with Crippen LogP contribution in [0.3, 0.4) is 0 Å². The van der Waals surface area contributed by atoms with E-state index in [1.807, 2.05) is 6.92 Å². The van der Waals surface area contributed by atoms with Crippen LogP contribution in [-0.2, 0) is 11.3 Å². The highest BCUT2D eigenvalue weighted by atomic mass is 19.1. The first-order valence-electron chi connectivity index (χ1n) is 13.8. The highest BCUT2D eigenvalue weighted by molar-refractivity contribution is 5.84. The summed E-state index contributed by atoms with van der Waals surface area (Å²) >= 11 is 0. The highest BCUT2D eigenvalue weighted by Crippen LogP contribution is 2.68. The van der Waals surface area contributed by atoms with Crippen molar-refractivity contribution in [2.24, 2.45) is 40.4 Å². The normalized spacial score (nSPS) is 43.0. The van der Waals surface area contributed by atoms with Crippen LogP contribution in [0.5, 0.6) is 0 Å². The van der Waals surface area contributed by atoms with Gasteiger partial charge in [-0.05, 0) is 118 Å². The summed E-state index contributed by atoms with van der Waals surface area (Å²) in [4.78, 5) is 13.7. The average Bonchev–Trinajstić information content (AvgIpc) is 3.37. The summed E-state index contributed by atoms with van der Waals surface area (Å²) in [7, 11) is 0. The fourth-order valence-electron chi connectivity index (χ4n) is 9.46. The lowest BCUT2D eigenvalue weighted by Crippen LogP contribution is -2.55. The maximum Gasteiger partial charge on any atom is 0.157 e. The van der Waals surface area contributed by atoms with E-state index in [0.29, 0.717) is 45.7 Å². The van der Waals surface area contributed by atoms with Gasteiger partial charge in [-0.15, -0.1) is 5.10 Å². The summed E-state index contributed by atoms with van der Waals surface area (Å²) in [5.41, 5.74) is 1.24. The molecule has 5 nitrogen and oxygen atoms in total. The van der Waals surface area contributed by atoms with Gasteiger partial charge in [0.15, 0.2) is 11.6 Å². The standard InChI is InChI=1S/C29H40FN3O2/c1-17-5-10-23-26(25(17)30)33(32-31-23)16-24(34)22-9-8-20-19-7-6-18-15-27(2,35)13-14-28(18,3)21(19)11-12-29(20,22)4/h5,10,18-22,35H,6-9,11-16H2,1-4H3/t18-,19+,20+,21+,22-,27-,28+,29+/m1/s1. The zero-order chi connectivity index (χ0) is 24.8. The number of rotatable bonds is 3. The van der Waals surface area contributed by atoms with Gasteiger partial charge >= 0.3 is 0 Å². The van der Waals surface area contributed by atoms with E-state index in [9.17, 15) is 14.3 Å². The van der Waals surface area contributed by atoms with Crippen LogP contribution < -0.4 is 0 Å². The second-order valence-corrected chi connectivity index (χ2v) is 13.3. The molecule has 0 spiro atoms. The SMILES string of the molecule is Cc1ccc2nnn(CC(=O)[C@H]3CC[C@H]4[C@@H]5CC[C@@H]6C[C@](C)(O)CC[C@]6(C)[C@H]5CC[C@]34C)c2c1F. The Hall–Kier alpha value is -1.82. The van der Waals surface area contributed by atoms with E-state index in [2.05, 4.69) is 24.2 Å². The Morgan fingerprint density at radius 3 is 2.63 bits per heavy atom. The van der Waals surface area contributed by atoms with Crippen molar-refractivity contribution in [3.05, 3.63) is 23.5 Å². The molecule has 0 bridgehead atoms. The predicted molar refractivity (Wildman–Crippen MR) is 133 cm³/mol. The molecule has 190 valence electrons. The van der Waals surface area contributed by atoms with Crippen LogP contribution in [0.15, 0.2) is 12.1 Å². The van der Waals surface area contributed by atoms with Crippen molar-refractivity contribution < 1.29 is 14.3 Å². The number of carbonyl (C=O) groups excluding carboxylic acids is 1. The van der Waals surface area contributed by atoms with Crippen LogP contribution in [0.25, 0.3) is 11.0 Å². The highest BCUT2D eigenvalue weighted by Gasteiger charge is 2.61. The van der Waals surface area contributed by atoms with Gasteiger partial charge in [0.25, 0.3) is 0 Å². The van der Waals surface area contributed by atoms with Crippen molar-refractivity contribution in [3.8, 4) is 0 Å². The number of halogens is 1. The molecule has 6 rings (SSSR count). The molecule has 35 heavy (non-hydrogen) atoms. The van der Waals surface area contributed by atoms with Crippen LogP contribution in [0.1, 0.15) is 84.1 Å². The number of aliphatic hydroxyl groups is 1. The van der Waals surface area contributed by atoms with Crippen molar-refractivity contribution >= 4 is 16.8 Å². The monoisotopic (exact) mass is 481 g/mol. The molecular weight excluding hydrogens is 441 g/mol. The van der Waals surface area contributed by atoms with Crippen molar-refractivity contribution in [2.75, 3.05) is 0 Å². The first-order chi connectivity index (χ1) is 16.5. The van der Waals surface area contributed by atoms with E-state index in [4.69, 9.17) is 0 Å². The molecule has 1 aromatic carbocycles. The lowest BCUT2D eigenvalue weighted by molar-refractivity contribution is -0.151. The van der Waals surface area contributed by atoms with Gasteiger partial charge in [0, 0.05) is 5.92 Å². The number of Topliss-reactive ketones (excluding diaryl/α,β-unsaturated/α-hetero) is 1. The molecule has 1 N–H and O–H groups in total. The number of aromatic nitrogens is 3. The Morgan fingerprint density at radius 1 is 1.06 bits per heavy atom. The largest absolute Gasteiger partial charge is 0.390 e. The summed E-state index contributed by atoms with van der Waals surface area (Å²) in [5, 5.41) is 19.0. The van der Waals surface area contributed by atoms with E-state index in [0.717, 1.165) is 38.5 Å². The maximum absolute atomic E-state index is 14.8. The first kappa shape index (κ1) is 23.6. The molecule has 0 saturated heterocycles. The van der Waals surface area contributed by atoms with Gasteiger partial charge in [-0.25, -0.2) is 9.07 Å². The number of hydrogen-bond acceptors (Lipinski definition) is 4. The Kier molecular flexibility index (Phi) is 5.28. The molecule has 4 aliphatic rings. The topological polar surface area (TPSA) is 68.0 Å². The average molecular weight is 482 g/mol. The Morgan fingerprint density at radius 2 is 1.83 bits per heavy atom. The maximum atomic E-state index is 14.8. The fraction of sp³-hybridized carbons (Fsp3) is 0.759. The molecule has 6 heteroatoms. The van der Waals surface area contributed by atoms with Crippen LogP contribution in [0.2, 0.25) is 0 Å². The third-order valence-electron chi connectivity index (χ3n) is 11.5. The smallest absolute Gasteiger partial charge is 0.157 e. The number of benzene rings is 1. The molecular formula is C29H40FN3O2. The van der Waals surface area contributed by atoms with Crippen molar-refractivity contribution in [1.82, 2.24) is 15.0 Å². The second-order valence-electron chi connectivity index (χ2n) is 13.3. The molecule has 4 fully saturated rings. The number of nitrogens with zero attached hydrogens (tertiary/aromatic N) is 3. The second kappa shape index (κ2) is 7.84. The van der Waals surface area contributed by atoms with Crippen LogP contribution in [0, 0.1) is 53.2 Å². The van der Waals surface area contributed by atoms with Gasteiger partial charge in [0.2, 0.25) is 0 Å². The van der Waals surface area contributed by atoms with Crippen molar-refractivity contribution in [1.29, 1.82) is 0 Å². The summed E-state index contributed by atoms with van der Waals surface area (Å²) in [5.74, 6) is 2.47. The Balaban J connectivity index is 1.23. The molecule has 0 unspecified atom stereocenters. The van der Waals surface area contributed by atoms with Crippen molar-refractivity contribution in [2.45, 2.75) is 97.6 Å². The predicted octanol–water partition coefficient (Wildman–Crippen LogP) is 5.86. The van der Waals surface area contributed by atoms with Gasteiger partial charge in [-0.1, -0.05) is 25.1 Å². The van der Waals surface area contributed by atoms with Gasteiger partial charge in [-0.3, -0.25) is 4.79 Å². The van der Waals surface area contributed by atoms with Crippen LogP contribution >= 0.6 is 0 Å². The molecule has 2 aromatic rings. The quantitative estimate of drug-likeness (QED) is 0.596. The molecule has 4 saturated carbocycles. The number of aryl methyl sites for hydroxylation is 1. The Labute approximate surface area is 207 Å². The number of ketones is 1. The van der Waals surface area contributed by atoms with E-state index in [1.165, 1.54) is 23.9 Å². The molecule has 0 amide bonds. The minimum absolute atomic E-state index is 0.0122. The number of hydrogen-bond donors (Lipinski definition) is 1. The summed E-state index contributed by atoms with van der Waals surface area (Å²) in [6, 6.07) is 3.49. The third-order valence-corrected chi connectivity index (χ3v) is 11.5. The first-order valence-corrected chi connectivity index (χ1v) is 13.8. The van der Waals surface area contributed by atoms with Crippen LogP contribution in [-0.4, -0.2) is 31.5 Å². The minimum Gasteiger partial charge on any atom is -0.390 e. The van der Waals surface area contributed by atoms with Crippen LogP contribution in [0.4, 0.5) is 4.39 Å². The fourth-order valence-corrected chi connectivity index (χ4v) is 9.46. The lowest BCUT2D eigenvalue weighted by Gasteiger charge is -2.61. The summed E-state index contributed by atoms with van der Waals surface area (Å²) < 4.78 is 16.3. The van der Waals surface area contributed by atoms with E-state index in [1.54, 1.807) is 19.1 Å². The molecule has 0 radical (unpaired) electrons. The zero-order valence-electron chi connectivity index (χ0n) is 21.7. The van der Waals surface area contributed by atoms with E-state index >= 15 is 0 Å². The molecule has 4 aliphatic carbocycles. The summed E-state index contributed by atoms with van der Waals surface area (Å²) in [6.45, 7) is 8.74. The Bertz CT molecular complexity index is 1170. The molecule has 0 aliphatic heterocycles. The minimum atomic E-state index is -0.505. The van der Waals surface area contributed by atoms with Gasteiger partial charge in [0.05, 0.1) is 5.60 Å². The van der Waals surface area contributed by atoms with E-state index in [-0.39, 0.29) is 29.5 Å². The molecule has 1 heterocycles. The van der Waals surface area contributed by atoms with Gasteiger partial charge in [-0.2, -0.15) is 0 Å². The van der Waals surface area contributed by atoms with Crippen molar-refractivity contribution in [3.63, 3.8) is 0 Å². The molecule has 1 aromatic heterocycles. The van der Waals surface area contributed by atoms with Gasteiger partial charge in [0.1, 0.15) is 17.6 Å². The zero-order valence-corrected chi connectivity index (χ0v) is 21.7. The van der Waals surface area contributed by atoms with Gasteiger partial charge < -0.3 is 5.11 Å². The summed E-state index contributed by atoms with van der Waals surface area (Å²) in [6.07, 6.45) is 9.78. The van der Waals surface area contributed by atoms with E-state index < -0.39 is 5.60 Å². The molecule has 8 atom stereocenters. The lowest BCUT2D eigenvalue weighted by atomic mass is 9.44.